The first kappa shape index (κ1) is 15.8. The standard InChI is InChI=1S/C17H19NO4/c1-4-9-18-14(7-6-12(16(18)19)17(20)21)13-10-11(2)5-8-15(13)22-3/h5-8,10H,4,9H2,1-3H3,(H,20,21). The molecular weight excluding hydrogens is 282 g/mol. The molecule has 0 aliphatic carbocycles. The lowest BCUT2D eigenvalue weighted by Gasteiger charge is -2.16. The fraction of sp³-hybridized carbons (Fsp3) is 0.294. The van der Waals surface area contributed by atoms with Gasteiger partial charge in [-0.15, -0.1) is 0 Å². The minimum Gasteiger partial charge on any atom is -0.496 e. The molecule has 0 fully saturated rings. The Morgan fingerprint density at radius 1 is 1.27 bits per heavy atom. The normalized spacial score (nSPS) is 10.5. The first-order valence-corrected chi connectivity index (χ1v) is 7.11. The summed E-state index contributed by atoms with van der Waals surface area (Å²) in [6, 6.07) is 8.72. The van der Waals surface area contributed by atoms with E-state index in [-0.39, 0.29) is 5.56 Å². The molecule has 1 aromatic carbocycles. The second-order valence-electron chi connectivity index (χ2n) is 5.10. The number of hydrogen-bond acceptors (Lipinski definition) is 3. The topological polar surface area (TPSA) is 68.5 Å². The highest BCUT2D eigenvalue weighted by Gasteiger charge is 2.17. The zero-order valence-corrected chi connectivity index (χ0v) is 12.9. The maximum Gasteiger partial charge on any atom is 0.341 e. The van der Waals surface area contributed by atoms with Gasteiger partial charge in [-0.1, -0.05) is 18.6 Å². The van der Waals surface area contributed by atoms with Crippen LogP contribution in [0.15, 0.2) is 35.1 Å². The van der Waals surface area contributed by atoms with E-state index in [1.165, 1.54) is 10.6 Å². The molecule has 116 valence electrons. The Morgan fingerprint density at radius 3 is 2.59 bits per heavy atom. The Balaban J connectivity index is 2.75. The molecule has 5 nitrogen and oxygen atoms in total. The van der Waals surface area contributed by atoms with E-state index < -0.39 is 11.5 Å². The Bertz CT molecular complexity index is 762. The number of methoxy groups -OCH3 is 1. The van der Waals surface area contributed by atoms with Crippen LogP contribution in [-0.4, -0.2) is 22.8 Å². The summed E-state index contributed by atoms with van der Waals surface area (Å²) in [5, 5.41) is 9.13. The summed E-state index contributed by atoms with van der Waals surface area (Å²) in [5.41, 5.74) is 1.77. The molecule has 0 aliphatic rings. The van der Waals surface area contributed by atoms with Crippen molar-refractivity contribution in [1.29, 1.82) is 0 Å². The van der Waals surface area contributed by atoms with Gasteiger partial charge in [0.15, 0.2) is 0 Å². The third-order valence-electron chi connectivity index (χ3n) is 3.48. The van der Waals surface area contributed by atoms with Crippen LogP contribution in [0.5, 0.6) is 5.75 Å². The van der Waals surface area contributed by atoms with Gasteiger partial charge < -0.3 is 14.4 Å². The molecule has 5 heteroatoms. The van der Waals surface area contributed by atoms with Crippen LogP contribution < -0.4 is 10.3 Å². The first-order chi connectivity index (χ1) is 10.5. The number of benzene rings is 1. The van der Waals surface area contributed by atoms with E-state index in [4.69, 9.17) is 9.84 Å². The second kappa shape index (κ2) is 6.47. The summed E-state index contributed by atoms with van der Waals surface area (Å²) >= 11 is 0. The van der Waals surface area contributed by atoms with E-state index in [1.807, 2.05) is 32.0 Å². The third-order valence-corrected chi connectivity index (χ3v) is 3.48. The van der Waals surface area contributed by atoms with Gasteiger partial charge in [0.2, 0.25) is 0 Å². The van der Waals surface area contributed by atoms with Gasteiger partial charge in [0.25, 0.3) is 5.56 Å². The van der Waals surface area contributed by atoms with Gasteiger partial charge in [0, 0.05) is 12.1 Å². The molecule has 0 amide bonds. The number of aryl methyl sites for hydroxylation is 1. The van der Waals surface area contributed by atoms with Gasteiger partial charge in [-0.2, -0.15) is 0 Å². The van der Waals surface area contributed by atoms with Crippen molar-refractivity contribution in [3.63, 3.8) is 0 Å². The van der Waals surface area contributed by atoms with Gasteiger partial charge in [-0.05, 0) is 37.6 Å². The molecule has 0 aliphatic heterocycles. The van der Waals surface area contributed by atoms with Crippen LogP contribution in [0, 0.1) is 6.92 Å². The van der Waals surface area contributed by atoms with E-state index in [0.29, 0.717) is 18.0 Å². The zero-order valence-electron chi connectivity index (χ0n) is 12.9. The predicted molar refractivity (Wildman–Crippen MR) is 84.7 cm³/mol. The minimum absolute atomic E-state index is 0.219. The molecule has 22 heavy (non-hydrogen) atoms. The van der Waals surface area contributed by atoms with E-state index >= 15 is 0 Å². The number of carboxylic acid groups (broad SMARTS) is 1. The molecule has 2 rings (SSSR count). The van der Waals surface area contributed by atoms with Gasteiger partial charge in [-0.25, -0.2) is 4.79 Å². The van der Waals surface area contributed by atoms with Crippen molar-refractivity contribution in [2.75, 3.05) is 7.11 Å². The number of carboxylic acids is 1. The van der Waals surface area contributed by atoms with Crippen molar-refractivity contribution in [2.45, 2.75) is 26.8 Å². The van der Waals surface area contributed by atoms with E-state index in [9.17, 15) is 9.59 Å². The van der Waals surface area contributed by atoms with Gasteiger partial charge in [-0.3, -0.25) is 4.79 Å². The lowest BCUT2D eigenvalue weighted by atomic mass is 10.1. The number of carbonyl (C=O) groups is 1. The van der Waals surface area contributed by atoms with Crippen LogP contribution in [0.25, 0.3) is 11.3 Å². The minimum atomic E-state index is -1.21. The number of hydrogen-bond donors (Lipinski definition) is 1. The summed E-state index contributed by atoms with van der Waals surface area (Å²) in [5.74, 6) is -0.560. The highest BCUT2D eigenvalue weighted by atomic mass is 16.5. The highest BCUT2D eigenvalue weighted by molar-refractivity contribution is 5.87. The van der Waals surface area contributed by atoms with E-state index in [1.54, 1.807) is 13.2 Å². The molecule has 0 radical (unpaired) electrons. The number of aromatic nitrogens is 1. The van der Waals surface area contributed by atoms with Crippen molar-refractivity contribution in [3.8, 4) is 17.0 Å². The van der Waals surface area contributed by atoms with Crippen LogP contribution >= 0.6 is 0 Å². The Labute approximate surface area is 128 Å². The molecule has 0 saturated heterocycles. The van der Waals surface area contributed by atoms with Crippen molar-refractivity contribution in [2.24, 2.45) is 0 Å². The molecular formula is C17H19NO4. The summed E-state index contributed by atoms with van der Waals surface area (Å²) in [6.07, 6.45) is 0.726. The maximum absolute atomic E-state index is 12.4. The van der Waals surface area contributed by atoms with Crippen molar-refractivity contribution in [1.82, 2.24) is 4.57 Å². The van der Waals surface area contributed by atoms with Gasteiger partial charge in [0.1, 0.15) is 11.3 Å². The van der Waals surface area contributed by atoms with Crippen molar-refractivity contribution < 1.29 is 14.6 Å². The number of ether oxygens (including phenoxy) is 1. The van der Waals surface area contributed by atoms with E-state index in [2.05, 4.69) is 0 Å². The summed E-state index contributed by atoms with van der Waals surface area (Å²) in [7, 11) is 1.57. The average Bonchev–Trinajstić information content (AvgIpc) is 2.49. The molecule has 1 aromatic heterocycles. The summed E-state index contributed by atoms with van der Waals surface area (Å²) in [6.45, 7) is 4.35. The van der Waals surface area contributed by atoms with E-state index in [0.717, 1.165) is 17.5 Å². The molecule has 1 heterocycles. The lowest BCUT2D eigenvalue weighted by molar-refractivity contribution is 0.0694. The zero-order chi connectivity index (χ0) is 16.3. The highest BCUT2D eigenvalue weighted by Crippen LogP contribution is 2.30. The number of rotatable bonds is 5. The molecule has 0 bridgehead atoms. The summed E-state index contributed by atoms with van der Waals surface area (Å²) < 4.78 is 6.87. The summed E-state index contributed by atoms with van der Waals surface area (Å²) in [4.78, 5) is 23.6. The largest absolute Gasteiger partial charge is 0.496 e. The Hall–Kier alpha value is -2.56. The molecule has 1 N–H and O–H groups in total. The fourth-order valence-corrected chi connectivity index (χ4v) is 2.44. The molecule has 0 spiro atoms. The molecule has 0 saturated carbocycles. The maximum atomic E-state index is 12.4. The smallest absolute Gasteiger partial charge is 0.341 e. The fourth-order valence-electron chi connectivity index (χ4n) is 2.44. The van der Waals surface area contributed by atoms with Crippen LogP contribution in [-0.2, 0) is 6.54 Å². The predicted octanol–water partition coefficient (Wildman–Crippen LogP) is 2.94. The number of aromatic carboxylic acids is 1. The monoisotopic (exact) mass is 301 g/mol. The number of nitrogens with zero attached hydrogens (tertiary/aromatic N) is 1. The second-order valence-corrected chi connectivity index (χ2v) is 5.10. The Morgan fingerprint density at radius 2 is 2.00 bits per heavy atom. The van der Waals surface area contributed by atoms with Crippen LogP contribution in [0.1, 0.15) is 29.3 Å². The van der Waals surface area contributed by atoms with Gasteiger partial charge >= 0.3 is 5.97 Å². The SMILES string of the molecule is CCCn1c(-c2cc(C)ccc2OC)ccc(C(=O)O)c1=O. The lowest BCUT2D eigenvalue weighted by Crippen LogP contribution is -2.27. The van der Waals surface area contributed by atoms with Crippen molar-refractivity contribution in [3.05, 3.63) is 51.8 Å². The van der Waals surface area contributed by atoms with Crippen LogP contribution in [0.3, 0.4) is 0 Å². The van der Waals surface area contributed by atoms with Crippen molar-refractivity contribution >= 4 is 5.97 Å². The third kappa shape index (κ3) is 2.88. The quantitative estimate of drug-likeness (QED) is 0.922. The molecule has 0 atom stereocenters. The number of pyridine rings is 1. The molecule has 2 aromatic rings. The molecule has 0 unspecified atom stereocenters. The van der Waals surface area contributed by atoms with Crippen LogP contribution in [0.4, 0.5) is 0 Å². The van der Waals surface area contributed by atoms with Crippen LogP contribution in [0.2, 0.25) is 0 Å². The first-order valence-electron chi connectivity index (χ1n) is 7.11. The van der Waals surface area contributed by atoms with Gasteiger partial charge in [0.05, 0.1) is 12.8 Å². The average molecular weight is 301 g/mol. The Kier molecular flexibility index (Phi) is 4.65.